The van der Waals surface area contributed by atoms with E-state index in [1.165, 1.54) is 5.57 Å². The molecule has 0 heterocycles. The van der Waals surface area contributed by atoms with E-state index in [1.807, 2.05) is 6.08 Å². The van der Waals surface area contributed by atoms with Crippen molar-refractivity contribution < 1.29 is 9.90 Å². The Morgan fingerprint density at radius 2 is 1.92 bits per heavy atom. The van der Waals surface area contributed by atoms with Crippen LogP contribution in [0.5, 0.6) is 0 Å². The summed E-state index contributed by atoms with van der Waals surface area (Å²) in [6.45, 7) is 7.00. The van der Waals surface area contributed by atoms with Crippen molar-refractivity contribution in [2.45, 2.75) is 71.3 Å². The Hall–Kier alpha value is -1.07. The number of carbonyl (C=O) groups is 1. The first-order chi connectivity index (χ1) is 11.2. The van der Waals surface area contributed by atoms with Crippen molar-refractivity contribution in [2.75, 3.05) is 0 Å². The van der Waals surface area contributed by atoms with Gasteiger partial charge in [0.2, 0.25) is 0 Å². The van der Waals surface area contributed by atoms with Crippen LogP contribution in [0.4, 0.5) is 0 Å². The first kappa shape index (κ1) is 16.4. The van der Waals surface area contributed by atoms with Crippen LogP contribution in [-0.2, 0) is 4.79 Å². The van der Waals surface area contributed by atoms with E-state index in [2.05, 4.69) is 26.7 Å². The number of terminal acetylenes is 1. The lowest BCUT2D eigenvalue weighted by Gasteiger charge is -2.60. The summed E-state index contributed by atoms with van der Waals surface area (Å²) >= 11 is 0. The van der Waals surface area contributed by atoms with Crippen LogP contribution in [0.3, 0.4) is 0 Å². The Balaban J connectivity index is 1.75. The number of allylic oxidation sites excluding steroid dienone is 1. The summed E-state index contributed by atoms with van der Waals surface area (Å²) in [4.78, 5) is 12.0. The van der Waals surface area contributed by atoms with Gasteiger partial charge in [-0.25, -0.2) is 0 Å². The molecule has 3 fully saturated rings. The molecule has 0 aliphatic heterocycles. The minimum absolute atomic E-state index is 0.140. The lowest BCUT2D eigenvalue weighted by molar-refractivity contribution is -0.123. The molecule has 0 amide bonds. The average Bonchev–Trinajstić information content (AvgIpc) is 2.82. The Morgan fingerprint density at radius 1 is 1.21 bits per heavy atom. The van der Waals surface area contributed by atoms with E-state index < -0.39 is 5.60 Å². The summed E-state index contributed by atoms with van der Waals surface area (Å²) in [5.74, 6) is 5.43. The zero-order valence-electron chi connectivity index (χ0n) is 15.3. The highest BCUT2D eigenvalue weighted by atomic mass is 16.3. The third-order valence-electron chi connectivity index (χ3n) is 8.70. The van der Waals surface area contributed by atoms with Gasteiger partial charge in [-0.05, 0) is 73.7 Å². The molecular weight excluding hydrogens is 296 g/mol. The van der Waals surface area contributed by atoms with Crippen LogP contribution in [-0.4, -0.2) is 16.5 Å². The van der Waals surface area contributed by atoms with Gasteiger partial charge in [0.25, 0.3) is 0 Å². The molecule has 0 bridgehead atoms. The van der Waals surface area contributed by atoms with E-state index in [-0.39, 0.29) is 10.8 Å². The molecule has 130 valence electrons. The van der Waals surface area contributed by atoms with Gasteiger partial charge >= 0.3 is 0 Å². The van der Waals surface area contributed by atoms with Crippen molar-refractivity contribution in [3.63, 3.8) is 0 Å². The first-order valence-electron chi connectivity index (χ1n) is 9.69. The second-order valence-corrected chi connectivity index (χ2v) is 9.52. The Labute approximate surface area is 146 Å². The summed E-state index contributed by atoms with van der Waals surface area (Å²) in [5.41, 5.74) is 0.519. The summed E-state index contributed by atoms with van der Waals surface area (Å²) in [5, 5.41) is 11.1. The third-order valence-corrected chi connectivity index (χ3v) is 8.70. The van der Waals surface area contributed by atoms with E-state index >= 15 is 0 Å². The van der Waals surface area contributed by atoms with Gasteiger partial charge in [-0.2, -0.15) is 0 Å². The molecule has 0 aromatic heterocycles. The molecule has 2 heteroatoms. The summed E-state index contributed by atoms with van der Waals surface area (Å²) < 4.78 is 0. The molecule has 0 aromatic carbocycles. The molecule has 4 rings (SSSR count). The Kier molecular flexibility index (Phi) is 3.40. The van der Waals surface area contributed by atoms with Crippen LogP contribution in [0.1, 0.15) is 65.7 Å². The fourth-order valence-corrected chi connectivity index (χ4v) is 7.16. The first-order valence-corrected chi connectivity index (χ1v) is 9.69. The van der Waals surface area contributed by atoms with Gasteiger partial charge < -0.3 is 5.11 Å². The quantitative estimate of drug-likeness (QED) is 0.680. The normalized spacial score (nSPS) is 53.5. The van der Waals surface area contributed by atoms with Crippen LogP contribution < -0.4 is 0 Å². The molecule has 0 aromatic rings. The van der Waals surface area contributed by atoms with Gasteiger partial charge in [-0.3, -0.25) is 4.79 Å². The van der Waals surface area contributed by atoms with E-state index in [1.54, 1.807) is 0 Å². The monoisotopic (exact) mass is 326 g/mol. The van der Waals surface area contributed by atoms with E-state index in [9.17, 15) is 9.90 Å². The van der Waals surface area contributed by atoms with Crippen molar-refractivity contribution in [1.29, 1.82) is 0 Å². The SMILES string of the molecule is C#CC1(O)CC[C@H]2[C@@H]3[C@H](C)CC4=CC(=O)CC[C@]4(C)[C@H]3CC[C@@]21C. The van der Waals surface area contributed by atoms with Gasteiger partial charge in [0.15, 0.2) is 5.78 Å². The number of carbonyl (C=O) groups excluding carboxylic acids is 1. The molecule has 4 aliphatic carbocycles. The van der Waals surface area contributed by atoms with Gasteiger partial charge in [0, 0.05) is 11.8 Å². The molecule has 24 heavy (non-hydrogen) atoms. The predicted octanol–water partition coefficient (Wildman–Crippen LogP) is 4.13. The van der Waals surface area contributed by atoms with Gasteiger partial charge in [0.05, 0.1) is 0 Å². The number of hydrogen-bond acceptors (Lipinski definition) is 2. The van der Waals surface area contributed by atoms with E-state index in [0.717, 1.165) is 38.5 Å². The van der Waals surface area contributed by atoms with Crippen molar-refractivity contribution >= 4 is 5.78 Å². The largest absolute Gasteiger partial charge is 0.377 e. The van der Waals surface area contributed by atoms with E-state index in [4.69, 9.17) is 6.42 Å². The molecule has 0 spiro atoms. The zero-order valence-corrected chi connectivity index (χ0v) is 15.3. The second-order valence-electron chi connectivity index (χ2n) is 9.52. The maximum absolute atomic E-state index is 12.0. The fraction of sp³-hybridized carbons (Fsp3) is 0.773. The van der Waals surface area contributed by atoms with Crippen LogP contribution in [0, 0.1) is 46.8 Å². The molecule has 3 saturated carbocycles. The van der Waals surface area contributed by atoms with Crippen LogP contribution in [0.15, 0.2) is 11.6 Å². The molecule has 4 aliphatic rings. The van der Waals surface area contributed by atoms with Crippen LogP contribution in [0.25, 0.3) is 0 Å². The minimum Gasteiger partial charge on any atom is -0.377 e. The lowest BCUT2D eigenvalue weighted by Crippen LogP contribution is -2.56. The van der Waals surface area contributed by atoms with Crippen molar-refractivity contribution in [2.24, 2.45) is 34.5 Å². The molecule has 7 atom stereocenters. The number of aliphatic hydroxyl groups is 1. The molecule has 1 N–H and O–H groups in total. The van der Waals surface area contributed by atoms with Crippen molar-refractivity contribution in [3.05, 3.63) is 11.6 Å². The summed E-state index contributed by atoms with van der Waals surface area (Å²) in [6, 6.07) is 0. The number of ketones is 1. The predicted molar refractivity (Wildman–Crippen MR) is 95.0 cm³/mol. The lowest BCUT2D eigenvalue weighted by atomic mass is 9.44. The molecule has 0 saturated heterocycles. The maximum atomic E-state index is 12.0. The maximum Gasteiger partial charge on any atom is 0.155 e. The number of rotatable bonds is 0. The standard InChI is InChI=1S/C22H30O2/c1-5-22(24)11-8-18-19-14(2)12-15-13-16(23)6-9-20(15,3)17(19)7-10-21(18,22)4/h1,13-14,17-19,24H,6-12H2,2-4H3/t14-,17+,18+,19-,20+,21+,22?/m1/s1. The van der Waals surface area contributed by atoms with Gasteiger partial charge in [0.1, 0.15) is 5.60 Å². The highest BCUT2D eigenvalue weighted by Crippen LogP contribution is 2.68. The van der Waals surface area contributed by atoms with Gasteiger partial charge in [-0.1, -0.05) is 32.3 Å². The van der Waals surface area contributed by atoms with Gasteiger partial charge in [-0.15, -0.1) is 6.42 Å². The summed E-state index contributed by atoms with van der Waals surface area (Å²) in [6.07, 6.45) is 14.4. The van der Waals surface area contributed by atoms with Crippen molar-refractivity contribution in [1.82, 2.24) is 0 Å². The Bertz CT molecular complexity index is 655. The summed E-state index contributed by atoms with van der Waals surface area (Å²) in [7, 11) is 0. The van der Waals surface area contributed by atoms with E-state index in [0.29, 0.717) is 35.9 Å². The van der Waals surface area contributed by atoms with Crippen LogP contribution in [0.2, 0.25) is 0 Å². The zero-order chi connectivity index (χ0) is 17.3. The molecular formula is C22H30O2. The Morgan fingerprint density at radius 3 is 2.62 bits per heavy atom. The highest BCUT2D eigenvalue weighted by Gasteiger charge is 2.64. The number of hydrogen-bond donors (Lipinski definition) is 1. The van der Waals surface area contributed by atoms with Crippen molar-refractivity contribution in [3.8, 4) is 12.3 Å². The third kappa shape index (κ3) is 1.86. The number of fused-ring (bicyclic) bond motifs is 5. The smallest absolute Gasteiger partial charge is 0.155 e. The molecule has 0 radical (unpaired) electrons. The fourth-order valence-electron chi connectivity index (χ4n) is 7.16. The minimum atomic E-state index is -0.929. The average molecular weight is 326 g/mol. The molecule has 1 unspecified atom stereocenters. The topological polar surface area (TPSA) is 37.3 Å². The highest BCUT2D eigenvalue weighted by molar-refractivity contribution is 5.91. The van der Waals surface area contributed by atoms with Crippen LogP contribution >= 0.6 is 0 Å². The molecule has 2 nitrogen and oxygen atoms in total. The second kappa shape index (κ2) is 4.98.